The zero-order chi connectivity index (χ0) is 30.7. The fourth-order valence-electron chi connectivity index (χ4n) is 5.85. The minimum Gasteiger partial charge on any atom is -0.462 e. The molecule has 0 aliphatic carbocycles. The van der Waals surface area contributed by atoms with Gasteiger partial charge in [0.1, 0.15) is 16.8 Å². The standard InChI is InChI=1S/C34H37FN2O5S/c1-23(2)32-34(43(40,41)36(3)22-24-10-6-4-7-11-24)31(25-12-8-5-9-13-25)33(26-14-16-27(35)17-15-26)37(32)19-18-29-20-28(38)21-30(39)42-29/h4-17,23,28-29,38H,18-22H2,1-3H3/t28-,29-/m1/s1. The number of ether oxygens (including phenoxy) is 1. The molecule has 0 radical (unpaired) electrons. The summed E-state index contributed by atoms with van der Waals surface area (Å²) in [6.45, 7) is 4.41. The molecule has 0 amide bonds. The Balaban J connectivity index is 1.74. The Morgan fingerprint density at radius 3 is 2.21 bits per heavy atom. The molecule has 0 bridgehead atoms. The van der Waals surface area contributed by atoms with E-state index in [2.05, 4.69) is 0 Å². The van der Waals surface area contributed by atoms with E-state index >= 15 is 0 Å². The summed E-state index contributed by atoms with van der Waals surface area (Å²) in [5, 5.41) is 10.2. The highest BCUT2D eigenvalue weighted by Gasteiger charge is 2.36. The maximum atomic E-state index is 14.6. The van der Waals surface area contributed by atoms with Crippen molar-refractivity contribution < 1.29 is 27.4 Å². The molecule has 0 spiro atoms. The Hall–Kier alpha value is -3.79. The minimum atomic E-state index is -4.06. The van der Waals surface area contributed by atoms with E-state index in [9.17, 15) is 22.7 Å². The quantitative estimate of drug-likeness (QED) is 0.213. The van der Waals surface area contributed by atoms with E-state index in [0.717, 1.165) is 5.56 Å². The van der Waals surface area contributed by atoms with Gasteiger partial charge in [-0.1, -0.05) is 74.5 Å². The predicted molar refractivity (Wildman–Crippen MR) is 164 cm³/mol. The van der Waals surface area contributed by atoms with E-state index in [-0.39, 0.29) is 23.8 Å². The van der Waals surface area contributed by atoms with Crippen molar-refractivity contribution in [3.8, 4) is 22.4 Å². The van der Waals surface area contributed by atoms with E-state index in [0.29, 0.717) is 47.5 Å². The molecule has 0 saturated carbocycles. The lowest BCUT2D eigenvalue weighted by Gasteiger charge is -2.27. The van der Waals surface area contributed by atoms with E-state index in [1.165, 1.54) is 16.4 Å². The summed E-state index contributed by atoms with van der Waals surface area (Å²) in [5.74, 6) is -1.06. The van der Waals surface area contributed by atoms with Crippen LogP contribution in [0, 0.1) is 5.82 Å². The average molecular weight is 605 g/mol. The van der Waals surface area contributed by atoms with E-state index in [4.69, 9.17) is 4.74 Å². The lowest BCUT2D eigenvalue weighted by Crippen LogP contribution is -2.33. The summed E-state index contributed by atoms with van der Waals surface area (Å²) in [5.41, 5.74) is 4.03. The van der Waals surface area contributed by atoms with Gasteiger partial charge in [-0.2, -0.15) is 4.31 Å². The molecule has 1 fully saturated rings. The highest BCUT2D eigenvalue weighted by molar-refractivity contribution is 7.89. The number of cyclic esters (lactones) is 1. The topological polar surface area (TPSA) is 88.8 Å². The number of benzene rings is 3. The Labute approximate surface area is 252 Å². The van der Waals surface area contributed by atoms with Gasteiger partial charge in [0.05, 0.1) is 18.2 Å². The third-order valence-electron chi connectivity index (χ3n) is 7.81. The molecule has 1 N–H and O–H groups in total. The molecule has 5 rings (SSSR count). The Kier molecular flexibility index (Phi) is 9.15. The van der Waals surface area contributed by atoms with Gasteiger partial charge in [0.25, 0.3) is 0 Å². The highest BCUT2D eigenvalue weighted by atomic mass is 32.2. The molecule has 1 saturated heterocycles. The number of aromatic nitrogens is 1. The van der Waals surface area contributed by atoms with Gasteiger partial charge in [-0.05, 0) is 46.9 Å². The molecule has 3 aromatic carbocycles. The van der Waals surface area contributed by atoms with Crippen LogP contribution in [0.15, 0.2) is 89.8 Å². The summed E-state index contributed by atoms with van der Waals surface area (Å²) < 4.78 is 52.3. The van der Waals surface area contributed by atoms with Crippen LogP contribution < -0.4 is 0 Å². The number of hydrogen-bond donors (Lipinski definition) is 1. The second kappa shape index (κ2) is 12.8. The lowest BCUT2D eigenvalue weighted by atomic mass is 10.0. The molecule has 9 heteroatoms. The van der Waals surface area contributed by atoms with Crippen molar-refractivity contribution >= 4 is 16.0 Å². The number of hydrogen-bond acceptors (Lipinski definition) is 5. The monoisotopic (exact) mass is 604 g/mol. The predicted octanol–water partition coefficient (Wildman–Crippen LogP) is 6.36. The molecular formula is C34H37FN2O5S. The summed E-state index contributed by atoms with van der Waals surface area (Å²) >= 11 is 0. The Morgan fingerprint density at radius 1 is 0.977 bits per heavy atom. The second-order valence-electron chi connectivity index (χ2n) is 11.4. The number of nitrogens with zero attached hydrogens (tertiary/aromatic N) is 2. The third-order valence-corrected chi connectivity index (χ3v) is 9.69. The SMILES string of the molecule is CC(C)c1c(S(=O)(=O)N(C)Cc2ccccc2)c(-c2ccccc2)c(-c2ccc(F)cc2)n1CC[C@@H]1C[C@@H](O)CC(=O)O1. The van der Waals surface area contributed by atoms with Crippen molar-refractivity contribution in [3.05, 3.63) is 102 Å². The number of sulfonamides is 1. The molecular weight excluding hydrogens is 567 g/mol. The summed E-state index contributed by atoms with van der Waals surface area (Å²) in [6.07, 6.45) is -0.641. The number of aliphatic hydroxyl groups is 1. The molecule has 7 nitrogen and oxygen atoms in total. The summed E-state index contributed by atoms with van der Waals surface area (Å²) in [4.78, 5) is 12.3. The number of halogens is 1. The number of esters is 1. The minimum absolute atomic E-state index is 0.0353. The van der Waals surface area contributed by atoms with Gasteiger partial charge in [-0.3, -0.25) is 4.79 Å². The smallest absolute Gasteiger partial charge is 0.308 e. The fraction of sp³-hybridized carbons (Fsp3) is 0.324. The van der Waals surface area contributed by atoms with Gasteiger partial charge in [-0.15, -0.1) is 0 Å². The number of carbonyl (C=O) groups is 1. The first-order valence-electron chi connectivity index (χ1n) is 14.5. The van der Waals surface area contributed by atoms with Crippen molar-refractivity contribution in [3.63, 3.8) is 0 Å². The number of aliphatic hydroxyl groups excluding tert-OH is 1. The van der Waals surface area contributed by atoms with E-state index in [1.807, 2.05) is 79.1 Å². The molecule has 1 aromatic heterocycles. The van der Waals surface area contributed by atoms with Crippen LogP contribution in [0.25, 0.3) is 22.4 Å². The third kappa shape index (κ3) is 6.59. The normalized spacial score (nSPS) is 17.4. The van der Waals surface area contributed by atoms with Crippen LogP contribution in [-0.2, 0) is 32.6 Å². The maximum absolute atomic E-state index is 14.6. The summed E-state index contributed by atoms with van der Waals surface area (Å²) in [7, 11) is -2.47. The van der Waals surface area contributed by atoms with Crippen molar-refractivity contribution in [1.29, 1.82) is 0 Å². The molecule has 1 aliphatic rings. The van der Waals surface area contributed by atoms with Gasteiger partial charge >= 0.3 is 5.97 Å². The molecule has 0 unspecified atom stereocenters. The van der Waals surface area contributed by atoms with Crippen LogP contribution >= 0.6 is 0 Å². The van der Waals surface area contributed by atoms with Crippen molar-refractivity contribution in [2.45, 2.75) is 69.2 Å². The Morgan fingerprint density at radius 2 is 1.60 bits per heavy atom. The first kappa shape index (κ1) is 30.7. The number of carbonyl (C=O) groups excluding carboxylic acids is 1. The highest BCUT2D eigenvalue weighted by Crippen LogP contribution is 2.45. The molecule has 43 heavy (non-hydrogen) atoms. The van der Waals surface area contributed by atoms with Crippen LogP contribution in [-0.4, -0.2) is 47.6 Å². The van der Waals surface area contributed by atoms with Crippen LogP contribution in [0.4, 0.5) is 4.39 Å². The average Bonchev–Trinajstić information content (AvgIpc) is 3.33. The van der Waals surface area contributed by atoms with Gasteiger partial charge in [0, 0.05) is 44.2 Å². The maximum Gasteiger partial charge on any atom is 0.308 e. The molecule has 2 heterocycles. The van der Waals surface area contributed by atoms with Crippen LogP contribution in [0.5, 0.6) is 0 Å². The van der Waals surface area contributed by atoms with Crippen LogP contribution in [0.3, 0.4) is 0 Å². The molecule has 226 valence electrons. The van der Waals surface area contributed by atoms with E-state index < -0.39 is 34.0 Å². The van der Waals surface area contributed by atoms with E-state index in [1.54, 1.807) is 19.2 Å². The largest absolute Gasteiger partial charge is 0.462 e. The Bertz CT molecular complexity index is 1670. The second-order valence-corrected chi connectivity index (χ2v) is 13.3. The van der Waals surface area contributed by atoms with Gasteiger partial charge < -0.3 is 14.4 Å². The molecule has 2 atom stereocenters. The number of rotatable bonds is 10. The van der Waals surface area contributed by atoms with Gasteiger partial charge in [0.15, 0.2) is 0 Å². The fourth-order valence-corrected chi connectivity index (χ4v) is 7.57. The van der Waals surface area contributed by atoms with Gasteiger partial charge in [0.2, 0.25) is 10.0 Å². The first-order valence-corrected chi connectivity index (χ1v) is 16.0. The van der Waals surface area contributed by atoms with Crippen LogP contribution in [0.2, 0.25) is 0 Å². The first-order chi connectivity index (χ1) is 20.6. The van der Waals surface area contributed by atoms with Crippen molar-refractivity contribution in [1.82, 2.24) is 8.87 Å². The van der Waals surface area contributed by atoms with Crippen molar-refractivity contribution in [2.75, 3.05) is 7.05 Å². The van der Waals surface area contributed by atoms with Crippen LogP contribution in [0.1, 0.15) is 50.3 Å². The molecule has 4 aromatic rings. The zero-order valence-corrected chi connectivity index (χ0v) is 25.4. The van der Waals surface area contributed by atoms with Crippen molar-refractivity contribution in [2.24, 2.45) is 0 Å². The zero-order valence-electron chi connectivity index (χ0n) is 24.6. The molecule has 1 aliphatic heterocycles. The van der Waals surface area contributed by atoms with Gasteiger partial charge in [-0.25, -0.2) is 12.8 Å². The lowest BCUT2D eigenvalue weighted by molar-refractivity contribution is -0.160. The summed E-state index contributed by atoms with van der Waals surface area (Å²) in [6, 6.07) is 24.8.